The standard InChI is InChI=1S/C21H29NO/c23-21(15-17-4-5-17)19-8-6-16(7-9-19)14-18-10-12-22(13-11-18)20-2-1-3-20/h6-9,14,17,20-21,23H,1-5,10-13,15H2. The molecule has 0 bridgehead atoms. The van der Waals surface area contributed by atoms with Crippen LogP contribution >= 0.6 is 0 Å². The van der Waals surface area contributed by atoms with Crippen LogP contribution < -0.4 is 0 Å². The Morgan fingerprint density at radius 3 is 2.30 bits per heavy atom. The normalized spacial score (nSPS) is 24.3. The van der Waals surface area contributed by atoms with Crippen LogP contribution in [0, 0.1) is 5.92 Å². The molecule has 1 aliphatic heterocycles. The van der Waals surface area contributed by atoms with Gasteiger partial charge in [-0.15, -0.1) is 0 Å². The van der Waals surface area contributed by atoms with Crippen molar-refractivity contribution in [3.8, 4) is 0 Å². The van der Waals surface area contributed by atoms with Crippen LogP contribution in [0.25, 0.3) is 6.08 Å². The van der Waals surface area contributed by atoms with E-state index in [1.165, 1.54) is 63.6 Å². The van der Waals surface area contributed by atoms with Crippen LogP contribution in [0.5, 0.6) is 0 Å². The average Bonchev–Trinajstić information content (AvgIpc) is 3.32. The average molecular weight is 311 g/mol. The highest BCUT2D eigenvalue weighted by molar-refractivity contribution is 5.53. The summed E-state index contributed by atoms with van der Waals surface area (Å²) in [7, 11) is 0. The molecule has 2 saturated carbocycles. The minimum Gasteiger partial charge on any atom is -0.388 e. The molecule has 0 spiro atoms. The number of hydrogen-bond donors (Lipinski definition) is 1. The van der Waals surface area contributed by atoms with E-state index in [0.717, 1.165) is 23.9 Å². The summed E-state index contributed by atoms with van der Waals surface area (Å²) in [6.07, 6.45) is 12.4. The van der Waals surface area contributed by atoms with E-state index in [1.807, 2.05) is 0 Å². The molecule has 0 aromatic heterocycles. The molecule has 1 unspecified atom stereocenters. The first-order valence-corrected chi connectivity index (χ1v) is 9.49. The van der Waals surface area contributed by atoms with Gasteiger partial charge in [-0.25, -0.2) is 0 Å². The summed E-state index contributed by atoms with van der Waals surface area (Å²) in [6, 6.07) is 9.48. The van der Waals surface area contributed by atoms with Gasteiger partial charge in [0.2, 0.25) is 0 Å². The molecule has 2 aliphatic carbocycles. The van der Waals surface area contributed by atoms with Gasteiger partial charge < -0.3 is 5.11 Å². The first kappa shape index (κ1) is 15.4. The van der Waals surface area contributed by atoms with Gasteiger partial charge >= 0.3 is 0 Å². The third kappa shape index (κ3) is 3.87. The summed E-state index contributed by atoms with van der Waals surface area (Å²) in [5.74, 6) is 0.771. The topological polar surface area (TPSA) is 23.5 Å². The Hall–Kier alpha value is -1.12. The summed E-state index contributed by atoms with van der Waals surface area (Å²) < 4.78 is 0. The van der Waals surface area contributed by atoms with Crippen LogP contribution in [0.4, 0.5) is 0 Å². The first-order valence-electron chi connectivity index (χ1n) is 9.49. The van der Waals surface area contributed by atoms with Crippen molar-refractivity contribution in [1.29, 1.82) is 0 Å². The first-order chi connectivity index (χ1) is 11.3. The Morgan fingerprint density at radius 2 is 1.74 bits per heavy atom. The molecular formula is C21H29NO. The number of aliphatic hydroxyl groups excluding tert-OH is 1. The summed E-state index contributed by atoms with van der Waals surface area (Å²) in [4.78, 5) is 2.69. The quantitative estimate of drug-likeness (QED) is 0.862. The maximum atomic E-state index is 10.2. The predicted molar refractivity (Wildman–Crippen MR) is 95.2 cm³/mol. The van der Waals surface area contributed by atoms with Crippen molar-refractivity contribution in [3.05, 3.63) is 41.0 Å². The lowest BCUT2D eigenvalue weighted by Gasteiger charge is -2.40. The van der Waals surface area contributed by atoms with Crippen molar-refractivity contribution in [2.24, 2.45) is 5.92 Å². The molecule has 1 atom stereocenters. The van der Waals surface area contributed by atoms with E-state index in [0.29, 0.717) is 0 Å². The summed E-state index contributed by atoms with van der Waals surface area (Å²) in [5.41, 5.74) is 3.96. The minimum absolute atomic E-state index is 0.269. The van der Waals surface area contributed by atoms with E-state index in [4.69, 9.17) is 0 Å². The molecule has 0 radical (unpaired) electrons. The van der Waals surface area contributed by atoms with Gasteiger partial charge in [0.25, 0.3) is 0 Å². The van der Waals surface area contributed by atoms with E-state index in [2.05, 4.69) is 35.2 Å². The molecule has 1 heterocycles. The molecule has 124 valence electrons. The Balaban J connectivity index is 1.33. The van der Waals surface area contributed by atoms with Crippen LogP contribution in [-0.2, 0) is 0 Å². The zero-order valence-corrected chi connectivity index (χ0v) is 14.1. The number of piperidine rings is 1. The minimum atomic E-state index is -0.269. The van der Waals surface area contributed by atoms with Crippen molar-refractivity contribution >= 4 is 6.08 Å². The van der Waals surface area contributed by atoms with E-state index in [-0.39, 0.29) is 6.10 Å². The predicted octanol–water partition coefficient (Wildman–Crippen LogP) is 4.55. The van der Waals surface area contributed by atoms with Gasteiger partial charge in [-0.05, 0) is 49.1 Å². The van der Waals surface area contributed by atoms with Crippen molar-refractivity contribution in [3.63, 3.8) is 0 Å². The fourth-order valence-corrected chi connectivity index (χ4v) is 3.93. The molecule has 0 amide bonds. The molecule has 3 fully saturated rings. The summed E-state index contributed by atoms with van der Waals surface area (Å²) >= 11 is 0. The van der Waals surface area contributed by atoms with Crippen LogP contribution in [0.1, 0.15) is 68.6 Å². The van der Waals surface area contributed by atoms with E-state index >= 15 is 0 Å². The molecule has 1 aromatic rings. The zero-order valence-electron chi connectivity index (χ0n) is 14.1. The smallest absolute Gasteiger partial charge is 0.0792 e. The molecule has 2 nitrogen and oxygen atoms in total. The van der Waals surface area contributed by atoms with Crippen molar-refractivity contribution in [2.75, 3.05) is 13.1 Å². The molecule has 23 heavy (non-hydrogen) atoms. The van der Waals surface area contributed by atoms with Gasteiger partial charge in [-0.3, -0.25) is 4.90 Å². The fourth-order valence-electron chi connectivity index (χ4n) is 3.93. The van der Waals surface area contributed by atoms with Gasteiger partial charge in [-0.1, -0.05) is 55.2 Å². The van der Waals surface area contributed by atoms with Crippen LogP contribution in [0.15, 0.2) is 29.8 Å². The van der Waals surface area contributed by atoms with Gasteiger partial charge in [0, 0.05) is 19.1 Å². The molecule has 2 heteroatoms. The highest BCUT2D eigenvalue weighted by Gasteiger charge is 2.27. The molecule has 4 rings (SSSR count). The third-order valence-corrected chi connectivity index (χ3v) is 5.98. The van der Waals surface area contributed by atoms with Crippen LogP contribution in [0.2, 0.25) is 0 Å². The molecular weight excluding hydrogens is 282 g/mol. The maximum Gasteiger partial charge on any atom is 0.0792 e. The molecule has 1 aromatic carbocycles. The largest absolute Gasteiger partial charge is 0.388 e. The van der Waals surface area contributed by atoms with Crippen molar-refractivity contribution < 1.29 is 5.11 Å². The number of hydrogen-bond acceptors (Lipinski definition) is 2. The Morgan fingerprint density at radius 1 is 1.04 bits per heavy atom. The second-order valence-electron chi connectivity index (χ2n) is 7.78. The van der Waals surface area contributed by atoms with Crippen LogP contribution in [0.3, 0.4) is 0 Å². The van der Waals surface area contributed by atoms with Gasteiger partial charge in [-0.2, -0.15) is 0 Å². The van der Waals surface area contributed by atoms with E-state index in [1.54, 1.807) is 5.57 Å². The van der Waals surface area contributed by atoms with Gasteiger partial charge in [0.05, 0.1) is 6.10 Å². The van der Waals surface area contributed by atoms with E-state index < -0.39 is 0 Å². The van der Waals surface area contributed by atoms with Crippen LogP contribution in [-0.4, -0.2) is 29.1 Å². The highest BCUT2D eigenvalue weighted by atomic mass is 16.3. The lowest BCUT2D eigenvalue weighted by Crippen LogP contribution is -2.43. The van der Waals surface area contributed by atoms with Gasteiger partial charge in [0.15, 0.2) is 0 Å². The zero-order chi connectivity index (χ0) is 15.6. The Bertz CT molecular complexity index is 544. The Kier molecular flexibility index (Phi) is 4.54. The third-order valence-electron chi connectivity index (χ3n) is 5.98. The van der Waals surface area contributed by atoms with Crippen molar-refractivity contribution in [1.82, 2.24) is 4.90 Å². The SMILES string of the molecule is OC(CC1CC1)c1ccc(C=C2CCN(C3CCC3)CC2)cc1. The highest BCUT2D eigenvalue weighted by Crippen LogP contribution is 2.37. The van der Waals surface area contributed by atoms with E-state index in [9.17, 15) is 5.11 Å². The fraction of sp³-hybridized carbons (Fsp3) is 0.619. The van der Waals surface area contributed by atoms with Crippen molar-refractivity contribution in [2.45, 2.75) is 63.5 Å². The summed E-state index contributed by atoms with van der Waals surface area (Å²) in [6.45, 7) is 2.49. The van der Waals surface area contributed by atoms with Gasteiger partial charge in [0.1, 0.15) is 0 Å². The lowest BCUT2D eigenvalue weighted by molar-refractivity contribution is 0.118. The number of nitrogens with zero attached hydrogens (tertiary/aromatic N) is 1. The molecule has 1 saturated heterocycles. The lowest BCUT2D eigenvalue weighted by atomic mass is 9.89. The number of rotatable bonds is 5. The number of likely N-dealkylation sites (tertiary alicyclic amines) is 1. The number of benzene rings is 1. The monoisotopic (exact) mass is 311 g/mol. The summed E-state index contributed by atoms with van der Waals surface area (Å²) in [5, 5.41) is 10.2. The second kappa shape index (κ2) is 6.78. The molecule has 1 N–H and O–H groups in total. The molecule has 3 aliphatic rings. The Labute approximate surface area is 140 Å². The second-order valence-corrected chi connectivity index (χ2v) is 7.78. The number of aliphatic hydroxyl groups is 1. The maximum absolute atomic E-state index is 10.2.